The van der Waals surface area contributed by atoms with E-state index in [1.54, 1.807) is 32.3 Å². The molecule has 0 aliphatic rings. The molecule has 4 nitrogen and oxygen atoms in total. The molecular weight excluding hydrogens is 304 g/mol. The Morgan fingerprint density at radius 2 is 2.12 bits per heavy atom. The first-order chi connectivity index (χ1) is 7.91. The number of hydrogen-bond donors (Lipinski definition) is 1. The number of nitrogens with two attached hydrogens (primary N) is 1. The van der Waals surface area contributed by atoms with Gasteiger partial charge < -0.3 is 10.6 Å². The fourth-order valence-electron chi connectivity index (χ4n) is 1.22. The summed E-state index contributed by atoms with van der Waals surface area (Å²) < 4.78 is 12.8. The number of benzene rings is 1. The molecule has 0 spiro atoms. The number of anilines is 1. The molecule has 0 saturated carbocycles. The van der Waals surface area contributed by atoms with Gasteiger partial charge in [-0.05, 0) is 18.2 Å². The summed E-state index contributed by atoms with van der Waals surface area (Å²) in [6.07, 6.45) is 0.256. The van der Waals surface area contributed by atoms with Crippen molar-refractivity contribution >= 4 is 38.3 Å². The van der Waals surface area contributed by atoms with Gasteiger partial charge in [-0.2, -0.15) is 0 Å². The molecule has 0 aromatic heterocycles. The minimum atomic E-state index is -1.24. The molecule has 6 heteroatoms. The van der Waals surface area contributed by atoms with Crippen LogP contribution in [0.5, 0.6) is 0 Å². The standard InChI is InChI=1S/C11H15BrN2O2S/c1-14(2)11(15)5-6-17(16)10-7-8(12)3-4-9(10)13/h3-4,7H,5-6,13H2,1-2H3. The van der Waals surface area contributed by atoms with Crippen molar-refractivity contribution in [1.29, 1.82) is 0 Å². The predicted octanol–water partition coefficient (Wildman–Crippen LogP) is 1.62. The van der Waals surface area contributed by atoms with Gasteiger partial charge in [0.05, 0.1) is 15.7 Å². The minimum Gasteiger partial charge on any atom is -0.398 e. The van der Waals surface area contributed by atoms with E-state index in [2.05, 4.69) is 15.9 Å². The number of nitrogens with zero attached hydrogens (tertiary/aromatic N) is 1. The van der Waals surface area contributed by atoms with Crippen molar-refractivity contribution < 1.29 is 9.00 Å². The first kappa shape index (κ1) is 14.2. The van der Waals surface area contributed by atoms with Gasteiger partial charge in [0.2, 0.25) is 5.91 Å². The summed E-state index contributed by atoms with van der Waals surface area (Å²) in [6, 6.07) is 5.22. The summed E-state index contributed by atoms with van der Waals surface area (Å²) in [5, 5.41) is 0. The Kier molecular flexibility index (Phi) is 5.14. The third kappa shape index (κ3) is 4.12. The second kappa shape index (κ2) is 6.16. The lowest BCUT2D eigenvalue weighted by atomic mass is 10.3. The monoisotopic (exact) mass is 318 g/mol. The summed E-state index contributed by atoms with van der Waals surface area (Å²) >= 11 is 3.30. The van der Waals surface area contributed by atoms with E-state index in [9.17, 15) is 9.00 Å². The molecule has 1 unspecified atom stereocenters. The van der Waals surface area contributed by atoms with E-state index in [1.165, 1.54) is 4.90 Å². The Morgan fingerprint density at radius 3 is 2.71 bits per heavy atom. The molecule has 1 atom stereocenters. The van der Waals surface area contributed by atoms with Crippen LogP contribution in [0.3, 0.4) is 0 Å². The molecular formula is C11H15BrN2O2S. The molecule has 0 saturated heterocycles. The average Bonchev–Trinajstić information content (AvgIpc) is 2.28. The van der Waals surface area contributed by atoms with Crippen LogP contribution in [-0.4, -0.2) is 34.9 Å². The zero-order chi connectivity index (χ0) is 13.0. The van der Waals surface area contributed by atoms with Gasteiger partial charge in [-0.15, -0.1) is 0 Å². The molecule has 1 aromatic carbocycles. The van der Waals surface area contributed by atoms with Crippen LogP contribution in [0.15, 0.2) is 27.6 Å². The maximum Gasteiger partial charge on any atom is 0.222 e. The van der Waals surface area contributed by atoms with Crippen molar-refractivity contribution in [2.24, 2.45) is 0 Å². The summed E-state index contributed by atoms with van der Waals surface area (Å²) in [7, 11) is 2.11. The first-order valence-corrected chi connectivity index (χ1v) is 7.16. The number of amides is 1. The molecule has 94 valence electrons. The summed E-state index contributed by atoms with van der Waals surface area (Å²) in [6.45, 7) is 0. The normalized spacial score (nSPS) is 12.2. The molecule has 0 aliphatic heterocycles. The molecule has 1 rings (SSSR count). The highest BCUT2D eigenvalue weighted by Crippen LogP contribution is 2.22. The quantitative estimate of drug-likeness (QED) is 0.858. The van der Waals surface area contributed by atoms with Crippen molar-refractivity contribution in [2.75, 3.05) is 25.6 Å². The maximum atomic E-state index is 12.0. The van der Waals surface area contributed by atoms with Crippen molar-refractivity contribution in [1.82, 2.24) is 4.90 Å². The molecule has 0 aliphatic carbocycles. The van der Waals surface area contributed by atoms with Gasteiger partial charge in [-0.1, -0.05) is 15.9 Å². The van der Waals surface area contributed by atoms with Crippen LogP contribution in [0.25, 0.3) is 0 Å². The van der Waals surface area contributed by atoms with E-state index in [0.717, 1.165) is 4.47 Å². The Balaban J connectivity index is 2.70. The van der Waals surface area contributed by atoms with Crippen molar-refractivity contribution in [3.63, 3.8) is 0 Å². The third-order valence-electron chi connectivity index (χ3n) is 2.22. The Bertz CT molecular complexity index is 449. The largest absolute Gasteiger partial charge is 0.398 e. The average molecular weight is 319 g/mol. The Hall–Kier alpha value is -0.880. The molecule has 17 heavy (non-hydrogen) atoms. The van der Waals surface area contributed by atoms with E-state index in [0.29, 0.717) is 10.6 Å². The van der Waals surface area contributed by atoms with Crippen LogP contribution in [0.1, 0.15) is 6.42 Å². The SMILES string of the molecule is CN(C)C(=O)CCS(=O)c1cc(Br)ccc1N. The number of halogens is 1. The van der Waals surface area contributed by atoms with E-state index in [-0.39, 0.29) is 18.1 Å². The molecule has 0 fully saturated rings. The van der Waals surface area contributed by atoms with Gasteiger partial charge in [0.1, 0.15) is 0 Å². The molecule has 1 amide bonds. The Labute approximate surface area is 112 Å². The van der Waals surface area contributed by atoms with E-state index in [4.69, 9.17) is 5.73 Å². The molecule has 0 bridgehead atoms. The predicted molar refractivity (Wildman–Crippen MR) is 73.1 cm³/mol. The minimum absolute atomic E-state index is 0.0353. The lowest BCUT2D eigenvalue weighted by Crippen LogP contribution is -2.23. The highest BCUT2D eigenvalue weighted by molar-refractivity contribution is 9.10. The van der Waals surface area contributed by atoms with Gasteiger partial charge in [-0.25, -0.2) is 0 Å². The van der Waals surface area contributed by atoms with E-state index in [1.807, 2.05) is 0 Å². The summed E-state index contributed by atoms with van der Waals surface area (Å²) in [5.74, 6) is 0.254. The number of hydrogen-bond acceptors (Lipinski definition) is 3. The van der Waals surface area contributed by atoms with Crippen molar-refractivity contribution in [3.8, 4) is 0 Å². The fraction of sp³-hybridized carbons (Fsp3) is 0.364. The van der Waals surface area contributed by atoms with Crippen LogP contribution >= 0.6 is 15.9 Å². The highest BCUT2D eigenvalue weighted by atomic mass is 79.9. The lowest BCUT2D eigenvalue weighted by molar-refractivity contribution is -0.128. The maximum absolute atomic E-state index is 12.0. The molecule has 1 aromatic rings. The first-order valence-electron chi connectivity index (χ1n) is 5.05. The summed E-state index contributed by atoms with van der Waals surface area (Å²) in [4.78, 5) is 13.4. The smallest absolute Gasteiger partial charge is 0.222 e. The number of carbonyl (C=O) groups excluding carboxylic acids is 1. The second-order valence-electron chi connectivity index (χ2n) is 3.77. The third-order valence-corrected chi connectivity index (χ3v) is 4.13. The van der Waals surface area contributed by atoms with Gasteiger partial charge in [-0.3, -0.25) is 9.00 Å². The van der Waals surface area contributed by atoms with Crippen LogP contribution in [0, 0.1) is 0 Å². The zero-order valence-corrected chi connectivity index (χ0v) is 12.2. The van der Waals surface area contributed by atoms with Crippen LogP contribution in [0.2, 0.25) is 0 Å². The van der Waals surface area contributed by atoms with Crippen molar-refractivity contribution in [3.05, 3.63) is 22.7 Å². The second-order valence-corrected chi connectivity index (χ2v) is 6.22. The lowest BCUT2D eigenvalue weighted by Gasteiger charge is -2.10. The number of rotatable bonds is 4. The fourth-order valence-corrected chi connectivity index (χ4v) is 2.90. The van der Waals surface area contributed by atoms with Crippen LogP contribution in [0.4, 0.5) is 5.69 Å². The van der Waals surface area contributed by atoms with Gasteiger partial charge in [0.25, 0.3) is 0 Å². The van der Waals surface area contributed by atoms with Crippen LogP contribution in [-0.2, 0) is 15.6 Å². The molecule has 0 heterocycles. The van der Waals surface area contributed by atoms with Gasteiger partial charge in [0.15, 0.2) is 0 Å². The topological polar surface area (TPSA) is 63.4 Å². The van der Waals surface area contributed by atoms with Gasteiger partial charge >= 0.3 is 0 Å². The van der Waals surface area contributed by atoms with Crippen LogP contribution < -0.4 is 5.73 Å². The summed E-state index contributed by atoms with van der Waals surface area (Å²) in [5.41, 5.74) is 6.24. The van der Waals surface area contributed by atoms with Crippen molar-refractivity contribution in [2.45, 2.75) is 11.3 Å². The number of nitrogen functional groups attached to an aromatic ring is 1. The molecule has 2 N–H and O–H groups in total. The van der Waals surface area contributed by atoms with Gasteiger partial charge in [0, 0.05) is 36.4 Å². The zero-order valence-electron chi connectivity index (χ0n) is 9.77. The van der Waals surface area contributed by atoms with E-state index >= 15 is 0 Å². The molecule has 0 radical (unpaired) electrons. The van der Waals surface area contributed by atoms with E-state index < -0.39 is 10.8 Å². The number of carbonyl (C=O) groups is 1. The highest BCUT2D eigenvalue weighted by Gasteiger charge is 2.12. The Morgan fingerprint density at radius 1 is 1.47 bits per heavy atom.